The van der Waals surface area contributed by atoms with Crippen LogP contribution in [0.4, 0.5) is 0 Å². The fraction of sp³-hybridized carbons (Fsp3) is 0.462. The molecule has 0 aliphatic rings. The third-order valence-electron chi connectivity index (χ3n) is 2.89. The van der Waals surface area contributed by atoms with Crippen LogP contribution in [0.25, 0.3) is 0 Å². The van der Waals surface area contributed by atoms with Crippen molar-refractivity contribution in [3.05, 3.63) is 30.9 Å². The molecule has 0 heterocycles. The van der Waals surface area contributed by atoms with Crippen LogP contribution in [0.2, 0.25) is 6.04 Å². The summed E-state index contributed by atoms with van der Waals surface area (Å²) in [5, 5.41) is 0. The first kappa shape index (κ1) is 19.3. The monoisotopic (exact) mass is 536 g/mol. The van der Waals surface area contributed by atoms with Crippen molar-refractivity contribution in [2.45, 2.75) is 12.5 Å². The van der Waals surface area contributed by atoms with Gasteiger partial charge in [-0.25, -0.2) is 4.79 Å². The zero-order valence-corrected chi connectivity index (χ0v) is 17.5. The lowest BCUT2D eigenvalue weighted by molar-refractivity contribution is 0.0493. The molecule has 0 aromatic heterocycles. The van der Waals surface area contributed by atoms with Crippen molar-refractivity contribution in [3.63, 3.8) is 0 Å². The minimum atomic E-state index is -2.58. The van der Waals surface area contributed by atoms with E-state index in [2.05, 4.69) is 45.2 Å². The summed E-state index contributed by atoms with van der Waals surface area (Å²) in [6, 6.07) is 6.22. The molecule has 5 nitrogen and oxygen atoms in total. The molecule has 1 rings (SSSR count). The van der Waals surface area contributed by atoms with Crippen LogP contribution in [0.5, 0.6) is 0 Å². The largest absolute Gasteiger partial charge is 0.500 e. The normalized spacial score (nSPS) is 11.5. The molecule has 0 atom stereocenters. The molecular weight excluding hydrogens is 518 g/mol. The Bertz CT molecular complexity index is 451. The number of carbonyl (C=O) groups is 1. The van der Waals surface area contributed by atoms with E-state index < -0.39 is 8.80 Å². The van der Waals surface area contributed by atoms with Crippen LogP contribution in [0.1, 0.15) is 16.8 Å². The molecule has 1 aromatic rings. The SMILES string of the molecule is CO[Si](CCCOC(=O)c1cc(I)cc(I)c1)(OC)OC. The first-order valence-electron chi connectivity index (χ1n) is 6.25. The Morgan fingerprint density at radius 2 is 1.57 bits per heavy atom. The van der Waals surface area contributed by atoms with Gasteiger partial charge in [0.25, 0.3) is 0 Å². The van der Waals surface area contributed by atoms with Gasteiger partial charge in [0.2, 0.25) is 0 Å². The number of esters is 1. The molecule has 0 unspecified atom stereocenters. The summed E-state index contributed by atoms with van der Waals surface area (Å²) in [5.74, 6) is -0.314. The maximum atomic E-state index is 12.0. The molecule has 0 aliphatic carbocycles. The molecule has 0 aliphatic heterocycles. The summed E-state index contributed by atoms with van der Waals surface area (Å²) < 4.78 is 23.2. The molecule has 8 heteroatoms. The van der Waals surface area contributed by atoms with Crippen molar-refractivity contribution < 1.29 is 22.8 Å². The third kappa shape index (κ3) is 6.10. The van der Waals surface area contributed by atoms with Gasteiger partial charge in [0.15, 0.2) is 0 Å². The average molecular weight is 536 g/mol. The summed E-state index contributed by atoms with van der Waals surface area (Å²) in [4.78, 5) is 12.0. The Labute approximate surface area is 153 Å². The van der Waals surface area contributed by atoms with Crippen molar-refractivity contribution in [2.75, 3.05) is 27.9 Å². The molecule has 0 bridgehead atoms. The topological polar surface area (TPSA) is 54.0 Å². The minimum Gasteiger partial charge on any atom is -0.462 e. The number of rotatable bonds is 8. The van der Waals surface area contributed by atoms with E-state index in [1.165, 1.54) is 0 Å². The van der Waals surface area contributed by atoms with Gasteiger partial charge in [0.1, 0.15) is 0 Å². The van der Waals surface area contributed by atoms with Crippen molar-refractivity contribution in [2.24, 2.45) is 0 Å². The Balaban J connectivity index is 2.47. The lowest BCUT2D eigenvalue weighted by Crippen LogP contribution is -2.42. The van der Waals surface area contributed by atoms with Gasteiger partial charge >= 0.3 is 14.8 Å². The van der Waals surface area contributed by atoms with E-state index in [-0.39, 0.29) is 5.97 Å². The number of carbonyl (C=O) groups excluding carboxylic acids is 1. The maximum Gasteiger partial charge on any atom is 0.500 e. The van der Waals surface area contributed by atoms with E-state index in [9.17, 15) is 4.79 Å². The first-order valence-corrected chi connectivity index (χ1v) is 10.3. The maximum absolute atomic E-state index is 12.0. The van der Waals surface area contributed by atoms with Crippen LogP contribution in [0, 0.1) is 7.14 Å². The second kappa shape index (κ2) is 9.40. The molecule has 118 valence electrons. The second-order valence-corrected chi connectivity index (χ2v) is 9.78. The van der Waals surface area contributed by atoms with Crippen molar-refractivity contribution >= 4 is 60.0 Å². The standard InChI is InChI=1S/C13H18I2O5Si/c1-17-21(18-2,19-3)6-4-5-20-13(16)10-7-11(14)9-12(15)8-10/h7-9H,4-6H2,1-3H3. The van der Waals surface area contributed by atoms with Gasteiger partial charge < -0.3 is 18.0 Å². The highest BCUT2D eigenvalue weighted by atomic mass is 127. The highest BCUT2D eigenvalue weighted by Crippen LogP contribution is 2.17. The molecule has 0 saturated heterocycles. The first-order chi connectivity index (χ1) is 9.96. The summed E-state index contributed by atoms with van der Waals surface area (Å²) in [6.45, 7) is 0.311. The Morgan fingerprint density at radius 1 is 1.05 bits per heavy atom. The molecule has 1 aromatic carbocycles. The second-order valence-electron chi connectivity index (χ2n) is 4.19. The zero-order chi connectivity index (χ0) is 15.9. The van der Waals surface area contributed by atoms with Crippen LogP contribution in [-0.4, -0.2) is 42.7 Å². The van der Waals surface area contributed by atoms with E-state index in [0.717, 1.165) is 7.14 Å². The molecule has 0 spiro atoms. The third-order valence-corrected chi connectivity index (χ3v) is 6.97. The number of hydrogen-bond acceptors (Lipinski definition) is 5. The number of ether oxygens (including phenoxy) is 1. The Hall–Kier alpha value is 0.247. The summed E-state index contributed by atoms with van der Waals surface area (Å²) >= 11 is 4.36. The van der Waals surface area contributed by atoms with Crippen molar-refractivity contribution in [1.29, 1.82) is 0 Å². The molecule has 0 fully saturated rings. The lowest BCUT2D eigenvalue weighted by atomic mass is 10.2. The van der Waals surface area contributed by atoms with Crippen molar-refractivity contribution in [1.82, 2.24) is 0 Å². The van der Waals surface area contributed by atoms with E-state index in [4.69, 9.17) is 18.0 Å². The number of halogens is 2. The quantitative estimate of drug-likeness (QED) is 0.221. The summed E-state index contributed by atoms with van der Waals surface area (Å²) in [6.07, 6.45) is 0.633. The van der Waals surface area contributed by atoms with Crippen LogP contribution in [0.3, 0.4) is 0 Å². The summed E-state index contributed by atoms with van der Waals surface area (Å²) in [5.41, 5.74) is 0.569. The van der Waals surface area contributed by atoms with Gasteiger partial charge in [-0.05, 0) is 69.8 Å². The number of benzene rings is 1. The van der Waals surface area contributed by atoms with Gasteiger partial charge in [-0.1, -0.05) is 0 Å². The van der Waals surface area contributed by atoms with Crippen LogP contribution < -0.4 is 0 Å². The Kier molecular flexibility index (Phi) is 8.64. The fourth-order valence-electron chi connectivity index (χ4n) is 1.76. The Morgan fingerprint density at radius 3 is 2.05 bits per heavy atom. The minimum absolute atomic E-state index is 0.311. The van der Waals surface area contributed by atoms with E-state index in [0.29, 0.717) is 24.6 Å². The molecule has 0 N–H and O–H groups in total. The highest BCUT2D eigenvalue weighted by molar-refractivity contribution is 14.1. The number of hydrogen-bond donors (Lipinski definition) is 0. The lowest BCUT2D eigenvalue weighted by Gasteiger charge is -2.24. The van der Waals surface area contributed by atoms with Crippen LogP contribution in [-0.2, 0) is 18.0 Å². The van der Waals surface area contributed by atoms with Crippen molar-refractivity contribution in [3.8, 4) is 0 Å². The molecular formula is C13H18I2O5Si. The van der Waals surface area contributed by atoms with Gasteiger partial charge in [-0.15, -0.1) is 0 Å². The molecule has 0 radical (unpaired) electrons. The predicted molar refractivity (Wildman–Crippen MR) is 98.4 cm³/mol. The molecule has 0 saturated carbocycles. The van der Waals surface area contributed by atoms with Crippen LogP contribution >= 0.6 is 45.2 Å². The smallest absolute Gasteiger partial charge is 0.462 e. The van der Waals surface area contributed by atoms with Gasteiger partial charge in [0.05, 0.1) is 12.2 Å². The molecule has 21 heavy (non-hydrogen) atoms. The van der Waals surface area contributed by atoms with Crippen LogP contribution in [0.15, 0.2) is 18.2 Å². The van der Waals surface area contributed by atoms with E-state index in [1.807, 2.05) is 18.2 Å². The van der Waals surface area contributed by atoms with Gasteiger partial charge in [-0.3, -0.25) is 0 Å². The summed E-state index contributed by atoms with van der Waals surface area (Å²) in [7, 11) is 2.13. The van der Waals surface area contributed by atoms with E-state index >= 15 is 0 Å². The van der Waals surface area contributed by atoms with E-state index in [1.54, 1.807) is 21.3 Å². The zero-order valence-electron chi connectivity index (χ0n) is 12.2. The van der Waals surface area contributed by atoms with Gasteiger partial charge in [-0.2, -0.15) is 0 Å². The predicted octanol–water partition coefficient (Wildman–Crippen LogP) is 3.32. The highest BCUT2D eigenvalue weighted by Gasteiger charge is 2.37. The molecule has 0 amide bonds. The average Bonchev–Trinajstić information content (AvgIpc) is 2.47. The van der Waals surface area contributed by atoms with Gasteiger partial charge in [0, 0.05) is 34.5 Å². The fourth-order valence-corrected chi connectivity index (χ4v) is 5.39.